The maximum atomic E-state index is 12.6. The lowest BCUT2D eigenvalue weighted by Crippen LogP contribution is -2.36. The largest absolute Gasteiger partial charge is 0.469 e. The van der Waals surface area contributed by atoms with Crippen LogP contribution in [0, 0.1) is 5.41 Å². The lowest BCUT2D eigenvalue weighted by atomic mass is 9.90. The number of carbonyl (C=O) groups is 2. The minimum atomic E-state index is -0.611. The van der Waals surface area contributed by atoms with Crippen LogP contribution in [-0.4, -0.2) is 59.8 Å². The Hall–Kier alpha value is -1.89. The molecule has 0 saturated carbocycles. The smallest absolute Gasteiger partial charge is 0.313 e. The average molecular weight is 320 g/mol. The maximum absolute atomic E-state index is 12.6. The highest BCUT2D eigenvalue weighted by atomic mass is 16.5. The number of hydrogen-bond acceptors (Lipinski definition) is 5. The summed E-state index contributed by atoms with van der Waals surface area (Å²) >= 11 is 0. The molecule has 2 unspecified atom stereocenters. The van der Waals surface area contributed by atoms with Gasteiger partial charge >= 0.3 is 5.97 Å². The van der Waals surface area contributed by atoms with Crippen molar-refractivity contribution in [3.63, 3.8) is 0 Å². The zero-order valence-corrected chi connectivity index (χ0v) is 13.7. The van der Waals surface area contributed by atoms with Crippen LogP contribution < -0.4 is 5.32 Å². The molecule has 1 aromatic rings. The van der Waals surface area contributed by atoms with Crippen LogP contribution in [0.4, 0.5) is 0 Å². The van der Waals surface area contributed by atoms with Crippen LogP contribution in [0.25, 0.3) is 0 Å². The zero-order valence-electron chi connectivity index (χ0n) is 13.7. The molecule has 126 valence electrons. The number of amides is 1. The molecule has 3 heterocycles. The van der Waals surface area contributed by atoms with Gasteiger partial charge in [-0.05, 0) is 38.8 Å². The van der Waals surface area contributed by atoms with Crippen molar-refractivity contribution in [2.75, 3.05) is 33.3 Å². The molecule has 0 aromatic carbocycles. The fraction of sp³-hybridized carbons (Fsp3) is 0.688. The predicted molar refractivity (Wildman–Crippen MR) is 84.0 cm³/mol. The van der Waals surface area contributed by atoms with Gasteiger partial charge in [-0.1, -0.05) is 0 Å². The van der Waals surface area contributed by atoms with E-state index in [-0.39, 0.29) is 11.9 Å². The lowest BCUT2D eigenvalue weighted by Gasteiger charge is -2.23. The summed E-state index contributed by atoms with van der Waals surface area (Å²) in [7, 11) is 1.39. The molecule has 0 aliphatic carbocycles. The molecule has 2 fully saturated rings. The maximum Gasteiger partial charge on any atom is 0.313 e. The van der Waals surface area contributed by atoms with Crippen molar-refractivity contribution in [3.8, 4) is 0 Å². The number of aromatic nitrogens is 2. The molecule has 1 amide bonds. The summed E-state index contributed by atoms with van der Waals surface area (Å²) in [4.78, 5) is 26.2. The second-order valence-corrected chi connectivity index (χ2v) is 6.71. The topological polar surface area (TPSA) is 76.5 Å². The van der Waals surface area contributed by atoms with Crippen LogP contribution in [0.3, 0.4) is 0 Å². The molecule has 2 aliphatic heterocycles. The average Bonchev–Trinajstić information content (AvgIpc) is 3.22. The molecular weight excluding hydrogens is 296 g/mol. The second-order valence-electron chi connectivity index (χ2n) is 6.71. The Morgan fingerprint density at radius 1 is 1.48 bits per heavy atom. The van der Waals surface area contributed by atoms with Gasteiger partial charge in [-0.15, -0.1) is 0 Å². The number of ether oxygens (including phenoxy) is 1. The summed E-state index contributed by atoms with van der Waals surface area (Å²) in [6.07, 6.45) is 4.70. The van der Waals surface area contributed by atoms with Gasteiger partial charge in [0.15, 0.2) is 0 Å². The van der Waals surface area contributed by atoms with Gasteiger partial charge < -0.3 is 15.0 Å². The molecule has 1 N–H and O–H groups in total. The van der Waals surface area contributed by atoms with Crippen molar-refractivity contribution in [2.24, 2.45) is 5.41 Å². The fourth-order valence-electron chi connectivity index (χ4n) is 3.42. The first-order valence-corrected chi connectivity index (χ1v) is 8.17. The number of hydrogen-bond donors (Lipinski definition) is 1. The van der Waals surface area contributed by atoms with Crippen molar-refractivity contribution < 1.29 is 14.3 Å². The van der Waals surface area contributed by atoms with E-state index in [4.69, 9.17) is 4.74 Å². The van der Waals surface area contributed by atoms with Crippen molar-refractivity contribution in [1.29, 1.82) is 0 Å². The number of methoxy groups -OCH3 is 1. The molecule has 0 bridgehead atoms. The van der Waals surface area contributed by atoms with E-state index in [9.17, 15) is 9.59 Å². The summed E-state index contributed by atoms with van der Waals surface area (Å²) in [6.45, 7) is 4.72. The third kappa shape index (κ3) is 3.10. The molecule has 7 heteroatoms. The van der Waals surface area contributed by atoms with E-state index in [1.807, 2.05) is 17.8 Å². The normalized spacial score (nSPS) is 27.9. The van der Waals surface area contributed by atoms with Gasteiger partial charge in [0.2, 0.25) is 0 Å². The van der Waals surface area contributed by atoms with Crippen molar-refractivity contribution >= 4 is 11.9 Å². The zero-order chi connectivity index (χ0) is 16.4. The highest BCUT2D eigenvalue weighted by Gasteiger charge is 2.43. The molecule has 7 nitrogen and oxygen atoms in total. The van der Waals surface area contributed by atoms with Gasteiger partial charge in [-0.3, -0.25) is 14.3 Å². The Bertz CT molecular complexity index is 594. The number of rotatable bonds is 3. The molecule has 2 atom stereocenters. The van der Waals surface area contributed by atoms with Crippen LogP contribution in [0.1, 0.15) is 42.7 Å². The number of nitrogens with one attached hydrogen (secondary N) is 1. The Balaban J connectivity index is 1.67. The van der Waals surface area contributed by atoms with E-state index in [2.05, 4.69) is 10.4 Å². The first-order chi connectivity index (χ1) is 11.0. The van der Waals surface area contributed by atoms with E-state index in [1.165, 1.54) is 7.11 Å². The van der Waals surface area contributed by atoms with Gasteiger partial charge in [0.25, 0.3) is 5.91 Å². The van der Waals surface area contributed by atoms with E-state index < -0.39 is 5.41 Å². The Morgan fingerprint density at radius 3 is 3.00 bits per heavy atom. The Morgan fingerprint density at radius 2 is 2.30 bits per heavy atom. The highest BCUT2D eigenvalue weighted by molar-refractivity contribution is 5.93. The molecule has 0 radical (unpaired) electrons. The van der Waals surface area contributed by atoms with Crippen molar-refractivity contribution in [2.45, 2.75) is 32.2 Å². The monoisotopic (exact) mass is 320 g/mol. The van der Waals surface area contributed by atoms with Gasteiger partial charge in [0.1, 0.15) is 5.69 Å². The Labute approximate surface area is 136 Å². The molecule has 3 rings (SSSR count). The summed E-state index contributed by atoms with van der Waals surface area (Å²) in [5.74, 6) is -0.369. The molecule has 1 aromatic heterocycles. The van der Waals surface area contributed by atoms with Gasteiger partial charge in [-0.25, -0.2) is 0 Å². The molecule has 2 saturated heterocycles. The van der Waals surface area contributed by atoms with Gasteiger partial charge in [0.05, 0.1) is 18.6 Å². The minimum absolute atomic E-state index is 0.111. The lowest BCUT2D eigenvalue weighted by molar-refractivity contribution is -0.150. The van der Waals surface area contributed by atoms with Crippen LogP contribution in [-0.2, 0) is 9.53 Å². The quantitative estimate of drug-likeness (QED) is 0.835. The van der Waals surface area contributed by atoms with E-state index in [0.29, 0.717) is 31.2 Å². The first kappa shape index (κ1) is 16.0. The third-order valence-electron chi connectivity index (χ3n) is 4.91. The first-order valence-electron chi connectivity index (χ1n) is 8.17. The number of esters is 1. The predicted octanol–water partition coefficient (Wildman–Crippen LogP) is 0.833. The van der Waals surface area contributed by atoms with Gasteiger partial charge in [0, 0.05) is 25.8 Å². The summed E-state index contributed by atoms with van der Waals surface area (Å²) in [5.41, 5.74) is -0.162. The number of piperidine rings is 1. The Kier molecular flexibility index (Phi) is 4.39. The second kappa shape index (κ2) is 6.31. The highest BCUT2D eigenvalue weighted by Crippen LogP contribution is 2.32. The minimum Gasteiger partial charge on any atom is -0.469 e. The summed E-state index contributed by atoms with van der Waals surface area (Å²) < 4.78 is 6.73. The van der Waals surface area contributed by atoms with Crippen LogP contribution in [0.2, 0.25) is 0 Å². The van der Waals surface area contributed by atoms with E-state index in [0.717, 1.165) is 25.9 Å². The van der Waals surface area contributed by atoms with Crippen LogP contribution in [0.15, 0.2) is 12.3 Å². The van der Waals surface area contributed by atoms with E-state index >= 15 is 0 Å². The third-order valence-corrected chi connectivity index (χ3v) is 4.91. The van der Waals surface area contributed by atoms with Crippen LogP contribution in [0.5, 0.6) is 0 Å². The summed E-state index contributed by atoms with van der Waals surface area (Å²) in [5, 5.41) is 7.81. The molecule has 2 aliphatic rings. The SMILES string of the molecule is COC(=O)C1(C)CCN(C(=O)c2ccn(C3CCCNC3)n2)C1. The fourth-order valence-corrected chi connectivity index (χ4v) is 3.42. The number of likely N-dealkylation sites (tertiary alicyclic amines) is 1. The van der Waals surface area contributed by atoms with Crippen molar-refractivity contribution in [1.82, 2.24) is 20.0 Å². The van der Waals surface area contributed by atoms with E-state index in [1.54, 1.807) is 11.0 Å². The van der Waals surface area contributed by atoms with Crippen molar-refractivity contribution in [3.05, 3.63) is 18.0 Å². The molecule has 0 spiro atoms. The standard InChI is InChI=1S/C16H24N4O3/c1-16(15(22)23-2)6-9-19(11-16)14(21)13-5-8-20(18-13)12-4-3-7-17-10-12/h5,8,12,17H,3-4,6-7,9-11H2,1-2H3. The number of carbonyl (C=O) groups excluding carboxylic acids is 2. The van der Waals surface area contributed by atoms with Gasteiger partial charge in [-0.2, -0.15) is 5.10 Å². The number of nitrogens with zero attached hydrogens (tertiary/aromatic N) is 3. The molecular formula is C16H24N4O3. The van der Waals surface area contributed by atoms with Crippen LogP contribution >= 0.6 is 0 Å². The molecule has 23 heavy (non-hydrogen) atoms. The summed E-state index contributed by atoms with van der Waals surface area (Å²) in [6, 6.07) is 2.08.